The topological polar surface area (TPSA) is 119 Å². The van der Waals surface area contributed by atoms with Gasteiger partial charge in [0.25, 0.3) is 15.7 Å². The van der Waals surface area contributed by atoms with E-state index in [1.807, 2.05) is 0 Å². The quantitative estimate of drug-likeness (QED) is 0.336. The molecule has 9 nitrogen and oxygen atoms in total. The van der Waals surface area contributed by atoms with Crippen LogP contribution in [-0.4, -0.2) is 32.9 Å². The number of nitro groups is 1. The van der Waals surface area contributed by atoms with Gasteiger partial charge >= 0.3 is 0 Å². The van der Waals surface area contributed by atoms with Crippen molar-refractivity contribution in [3.63, 3.8) is 0 Å². The number of nitrogens with one attached hydrogen (secondary N) is 1. The molecule has 0 saturated heterocycles. The van der Waals surface area contributed by atoms with Gasteiger partial charge in [-0.3, -0.25) is 19.2 Å². The van der Waals surface area contributed by atoms with E-state index in [-0.39, 0.29) is 27.7 Å². The first kappa shape index (κ1) is 24.2. The first-order valence-electron chi connectivity index (χ1n) is 9.59. The molecule has 1 amide bonds. The number of sulfonamides is 1. The van der Waals surface area contributed by atoms with E-state index >= 15 is 0 Å². The van der Waals surface area contributed by atoms with E-state index in [0.717, 1.165) is 4.31 Å². The van der Waals surface area contributed by atoms with Crippen molar-refractivity contribution in [3.8, 4) is 5.75 Å². The first-order chi connectivity index (χ1) is 15.6. The third kappa shape index (κ3) is 5.49. The minimum Gasteiger partial charge on any atom is -0.495 e. The summed E-state index contributed by atoms with van der Waals surface area (Å²) in [4.78, 5) is 23.3. The predicted octanol–water partition coefficient (Wildman–Crippen LogP) is 4.51. The Labute approximate surface area is 199 Å². The van der Waals surface area contributed by atoms with E-state index in [1.165, 1.54) is 37.4 Å². The average Bonchev–Trinajstić information content (AvgIpc) is 2.79. The minimum atomic E-state index is -4.23. The molecule has 0 unspecified atom stereocenters. The molecule has 0 bridgehead atoms. The van der Waals surface area contributed by atoms with Gasteiger partial charge in [-0.05, 0) is 42.8 Å². The molecule has 0 spiro atoms. The molecule has 172 valence electrons. The summed E-state index contributed by atoms with van der Waals surface area (Å²) < 4.78 is 33.9. The third-order valence-electron chi connectivity index (χ3n) is 4.73. The standard InChI is InChI=1S/C22H20BrN3O6S/c1-15-8-10-18(26(28)29)13-19(15)24-22(27)14-25(17-6-4-3-5-7-17)33(30,31)21-12-16(23)9-11-20(21)32-2/h3-13H,14H2,1-2H3,(H,24,27). The third-order valence-corrected chi connectivity index (χ3v) is 7.02. The fraction of sp³-hybridized carbons (Fsp3) is 0.136. The fourth-order valence-corrected chi connectivity index (χ4v) is 5.18. The zero-order valence-corrected chi connectivity index (χ0v) is 20.1. The molecule has 3 rings (SSSR count). The zero-order chi connectivity index (χ0) is 24.2. The molecular weight excluding hydrogens is 514 g/mol. The van der Waals surface area contributed by atoms with Crippen LogP contribution in [0.2, 0.25) is 0 Å². The molecule has 0 aliphatic carbocycles. The summed E-state index contributed by atoms with van der Waals surface area (Å²) in [6, 6.07) is 16.8. The summed E-state index contributed by atoms with van der Waals surface area (Å²) in [6.07, 6.45) is 0. The van der Waals surface area contributed by atoms with Gasteiger partial charge in [0.05, 0.1) is 23.4 Å². The highest BCUT2D eigenvalue weighted by Crippen LogP contribution is 2.32. The van der Waals surface area contributed by atoms with Crippen LogP contribution in [0.4, 0.5) is 17.1 Å². The summed E-state index contributed by atoms with van der Waals surface area (Å²) >= 11 is 3.27. The molecular formula is C22H20BrN3O6S. The Hall–Kier alpha value is -3.44. The average molecular weight is 534 g/mol. The monoisotopic (exact) mass is 533 g/mol. The number of hydrogen-bond acceptors (Lipinski definition) is 6. The molecule has 0 saturated carbocycles. The maximum atomic E-state index is 13.6. The number of hydrogen-bond donors (Lipinski definition) is 1. The Bertz CT molecular complexity index is 1300. The van der Waals surface area contributed by atoms with Crippen molar-refractivity contribution in [2.24, 2.45) is 0 Å². The van der Waals surface area contributed by atoms with E-state index in [0.29, 0.717) is 10.0 Å². The van der Waals surface area contributed by atoms with Gasteiger partial charge in [-0.15, -0.1) is 0 Å². The SMILES string of the molecule is COc1ccc(Br)cc1S(=O)(=O)N(CC(=O)Nc1cc([N+](=O)[O-])ccc1C)c1ccccc1. The summed E-state index contributed by atoms with van der Waals surface area (Å²) in [7, 11) is -2.88. The van der Waals surface area contributed by atoms with Crippen molar-refractivity contribution in [2.45, 2.75) is 11.8 Å². The Morgan fingerprint density at radius 2 is 1.82 bits per heavy atom. The molecule has 0 radical (unpaired) electrons. The molecule has 0 fully saturated rings. The van der Waals surface area contributed by atoms with Gasteiger partial charge in [0.15, 0.2) is 0 Å². The Kier molecular flexibility index (Phi) is 7.34. The van der Waals surface area contributed by atoms with Gasteiger partial charge < -0.3 is 10.1 Å². The lowest BCUT2D eigenvalue weighted by molar-refractivity contribution is -0.384. The van der Waals surface area contributed by atoms with Gasteiger partial charge in [0.2, 0.25) is 5.91 Å². The number of carbonyl (C=O) groups excluding carboxylic acids is 1. The summed E-state index contributed by atoms with van der Waals surface area (Å²) in [6.45, 7) is 1.11. The number of amides is 1. The number of nitrogens with zero attached hydrogens (tertiary/aromatic N) is 2. The number of benzene rings is 3. The lowest BCUT2D eigenvalue weighted by Crippen LogP contribution is -2.38. The van der Waals surface area contributed by atoms with Crippen molar-refractivity contribution in [1.82, 2.24) is 0 Å². The van der Waals surface area contributed by atoms with Crippen molar-refractivity contribution in [2.75, 3.05) is 23.3 Å². The van der Waals surface area contributed by atoms with Gasteiger partial charge in [-0.1, -0.05) is 40.2 Å². The van der Waals surface area contributed by atoms with Crippen molar-refractivity contribution < 1.29 is 22.9 Å². The highest BCUT2D eigenvalue weighted by Gasteiger charge is 2.30. The molecule has 33 heavy (non-hydrogen) atoms. The molecule has 3 aromatic carbocycles. The van der Waals surface area contributed by atoms with Crippen LogP contribution in [0.1, 0.15) is 5.56 Å². The molecule has 0 atom stereocenters. The van der Waals surface area contributed by atoms with Crippen molar-refractivity contribution in [3.05, 3.63) is 86.9 Å². The molecule has 3 aromatic rings. The predicted molar refractivity (Wildman–Crippen MR) is 128 cm³/mol. The van der Waals surface area contributed by atoms with E-state index < -0.39 is 27.4 Å². The van der Waals surface area contributed by atoms with Crippen LogP contribution in [0.15, 0.2) is 76.1 Å². The molecule has 0 aliphatic rings. The zero-order valence-electron chi connectivity index (χ0n) is 17.7. The molecule has 0 aromatic heterocycles. The number of para-hydroxylation sites is 1. The number of anilines is 2. The van der Waals surface area contributed by atoms with Gasteiger partial charge in [-0.2, -0.15) is 0 Å². The number of ether oxygens (including phenoxy) is 1. The second-order valence-corrected chi connectivity index (χ2v) is 9.69. The van der Waals surface area contributed by atoms with E-state index in [2.05, 4.69) is 21.2 Å². The lowest BCUT2D eigenvalue weighted by Gasteiger charge is -2.25. The number of aryl methyl sites for hydroxylation is 1. The lowest BCUT2D eigenvalue weighted by atomic mass is 10.2. The smallest absolute Gasteiger partial charge is 0.271 e. The highest BCUT2D eigenvalue weighted by atomic mass is 79.9. The number of halogens is 1. The van der Waals surface area contributed by atoms with Crippen LogP contribution in [0, 0.1) is 17.0 Å². The second kappa shape index (κ2) is 10.0. The second-order valence-electron chi connectivity index (χ2n) is 6.95. The Morgan fingerprint density at radius 1 is 1.12 bits per heavy atom. The largest absolute Gasteiger partial charge is 0.495 e. The van der Waals surface area contributed by atoms with Crippen LogP contribution in [0.25, 0.3) is 0 Å². The summed E-state index contributed by atoms with van der Waals surface area (Å²) in [5.74, 6) is -0.547. The van der Waals surface area contributed by atoms with Crippen LogP contribution < -0.4 is 14.4 Å². The number of nitro benzene ring substituents is 1. The van der Waals surface area contributed by atoms with Crippen molar-refractivity contribution >= 4 is 48.9 Å². The Balaban J connectivity index is 2.00. The van der Waals surface area contributed by atoms with Gasteiger partial charge in [-0.25, -0.2) is 8.42 Å². The summed E-state index contributed by atoms with van der Waals surface area (Å²) in [5.41, 5.74) is 0.893. The van der Waals surface area contributed by atoms with E-state index in [4.69, 9.17) is 4.74 Å². The summed E-state index contributed by atoms with van der Waals surface area (Å²) in [5, 5.41) is 13.7. The minimum absolute atomic E-state index is 0.120. The highest BCUT2D eigenvalue weighted by molar-refractivity contribution is 9.10. The van der Waals surface area contributed by atoms with Crippen LogP contribution in [-0.2, 0) is 14.8 Å². The molecule has 1 N–H and O–H groups in total. The van der Waals surface area contributed by atoms with Crippen LogP contribution in [0.3, 0.4) is 0 Å². The van der Waals surface area contributed by atoms with Gasteiger partial charge in [0.1, 0.15) is 17.2 Å². The first-order valence-corrected chi connectivity index (χ1v) is 11.8. The number of carbonyl (C=O) groups is 1. The van der Waals surface area contributed by atoms with E-state index in [9.17, 15) is 23.3 Å². The van der Waals surface area contributed by atoms with Crippen LogP contribution >= 0.6 is 15.9 Å². The van der Waals surface area contributed by atoms with Gasteiger partial charge in [0, 0.05) is 16.6 Å². The number of rotatable bonds is 8. The van der Waals surface area contributed by atoms with E-state index in [1.54, 1.807) is 43.3 Å². The maximum absolute atomic E-state index is 13.6. The fourth-order valence-electron chi connectivity index (χ4n) is 3.06. The number of methoxy groups -OCH3 is 1. The normalized spacial score (nSPS) is 11.0. The molecule has 11 heteroatoms. The molecule has 0 aliphatic heterocycles. The number of non-ortho nitro benzene ring substituents is 1. The Morgan fingerprint density at radius 3 is 2.45 bits per heavy atom. The molecule has 0 heterocycles. The van der Waals surface area contributed by atoms with Crippen molar-refractivity contribution in [1.29, 1.82) is 0 Å². The van der Waals surface area contributed by atoms with Crippen LogP contribution in [0.5, 0.6) is 5.75 Å². The maximum Gasteiger partial charge on any atom is 0.271 e.